The maximum atomic E-state index is 12.5. The Hall–Kier alpha value is -2.82. The van der Waals surface area contributed by atoms with Crippen LogP contribution in [0, 0.1) is 0 Å². The Morgan fingerprint density at radius 2 is 1.68 bits per heavy atom. The first-order chi connectivity index (χ1) is 17.8. The quantitative estimate of drug-likeness (QED) is 0.531. The molecule has 2 saturated heterocycles. The van der Waals surface area contributed by atoms with Crippen molar-refractivity contribution in [1.82, 2.24) is 4.98 Å². The number of halogens is 1. The van der Waals surface area contributed by atoms with Gasteiger partial charge < -0.3 is 19.3 Å². The summed E-state index contributed by atoms with van der Waals surface area (Å²) in [6.45, 7) is 0.601. The van der Waals surface area contributed by atoms with Crippen LogP contribution in [0.2, 0.25) is 5.02 Å². The molecule has 0 amide bonds. The average molecular weight is 540 g/mol. The molecule has 192 valence electrons. The summed E-state index contributed by atoms with van der Waals surface area (Å²) in [5.41, 5.74) is 5.10. The third kappa shape index (κ3) is 4.55. The standard InChI is InChI=1S/C27H26ClN3O5S/c1-29-37(2,33)18-9-7-16(8-10-18)15-3-5-17(6-4-15)25-19(28)11-20-21(31-25)12-24(30-20)36-23-14-35-26-22(32)13-34-27(23)26/h3-11,22-23,26-27,32H,12-14H2,1-2H3/t22-,23-,26-,27-,37?/m1/s1. The van der Waals surface area contributed by atoms with Gasteiger partial charge in [-0.15, -0.1) is 0 Å². The van der Waals surface area contributed by atoms with Crippen LogP contribution in [-0.4, -0.2) is 71.1 Å². The van der Waals surface area contributed by atoms with Crippen molar-refractivity contribution < 1.29 is 23.5 Å². The van der Waals surface area contributed by atoms with E-state index in [0.717, 1.165) is 22.4 Å². The van der Waals surface area contributed by atoms with E-state index in [1.165, 1.54) is 0 Å². The maximum absolute atomic E-state index is 12.5. The van der Waals surface area contributed by atoms with E-state index in [0.29, 0.717) is 40.2 Å². The summed E-state index contributed by atoms with van der Waals surface area (Å²) < 4.78 is 33.8. The second kappa shape index (κ2) is 9.49. The van der Waals surface area contributed by atoms with Gasteiger partial charge in [0.15, 0.2) is 12.0 Å². The molecule has 37 heavy (non-hydrogen) atoms. The number of pyridine rings is 1. The molecule has 5 atom stereocenters. The fourth-order valence-electron chi connectivity index (χ4n) is 4.88. The Balaban J connectivity index is 1.18. The molecule has 1 aromatic heterocycles. The molecule has 0 spiro atoms. The number of aliphatic hydroxyl groups is 1. The van der Waals surface area contributed by atoms with E-state index in [9.17, 15) is 9.32 Å². The lowest BCUT2D eigenvalue weighted by Crippen LogP contribution is -2.34. The number of rotatable bonds is 4. The smallest absolute Gasteiger partial charge is 0.195 e. The predicted molar refractivity (Wildman–Crippen MR) is 142 cm³/mol. The summed E-state index contributed by atoms with van der Waals surface area (Å²) in [5.74, 6) is 0.542. The number of hydrogen-bond acceptors (Lipinski definition) is 8. The minimum atomic E-state index is -2.36. The molecular formula is C27H26ClN3O5S. The van der Waals surface area contributed by atoms with E-state index in [1.807, 2.05) is 54.6 Å². The molecule has 1 N–H and O–H groups in total. The zero-order valence-corrected chi connectivity index (χ0v) is 21.9. The Morgan fingerprint density at radius 1 is 1.03 bits per heavy atom. The minimum Gasteiger partial charge on any atom is -0.472 e. The first-order valence-electron chi connectivity index (χ1n) is 12.0. The van der Waals surface area contributed by atoms with Crippen molar-refractivity contribution in [2.75, 3.05) is 26.5 Å². The van der Waals surface area contributed by atoms with Gasteiger partial charge in [-0.1, -0.05) is 48.0 Å². The summed E-state index contributed by atoms with van der Waals surface area (Å²) >= 11 is 6.60. The van der Waals surface area contributed by atoms with Crippen molar-refractivity contribution in [3.8, 4) is 22.4 Å². The van der Waals surface area contributed by atoms with Crippen LogP contribution < -0.4 is 0 Å². The molecule has 10 heteroatoms. The van der Waals surface area contributed by atoms with Crippen LogP contribution in [-0.2, 0) is 30.4 Å². The van der Waals surface area contributed by atoms with E-state index in [1.54, 1.807) is 13.3 Å². The molecule has 0 saturated carbocycles. The molecule has 2 aromatic carbocycles. The van der Waals surface area contributed by atoms with Gasteiger partial charge in [0.1, 0.15) is 18.3 Å². The number of nitrogens with zero attached hydrogens (tertiary/aromatic N) is 3. The molecule has 3 aromatic rings. The van der Waals surface area contributed by atoms with Crippen LogP contribution in [0.25, 0.3) is 22.4 Å². The third-order valence-electron chi connectivity index (χ3n) is 7.00. The number of hydrogen-bond donors (Lipinski definition) is 1. The molecule has 6 rings (SSSR count). The summed E-state index contributed by atoms with van der Waals surface area (Å²) in [5, 5.41) is 10.5. The van der Waals surface area contributed by atoms with Crippen molar-refractivity contribution in [2.24, 2.45) is 9.36 Å². The molecule has 0 bridgehead atoms. The maximum Gasteiger partial charge on any atom is 0.195 e. The largest absolute Gasteiger partial charge is 0.472 e. The van der Waals surface area contributed by atoms with Crippen LogP contribution in [0.15, 0.2) is 68.8 Å². The molecular weight excluding hydrogens is 514 g/mol. The lowest BCUT2D eigenvalue weighted by atomic mass is 10.0. The summed E-state index contributed by atoms with van der Waals surface area (Å²) in [4.78, 5) is 10.1. The van der Waals surface area contributed by atoms with Crippen molar-refractivity contribution in [2.45, 2.75) is 35.7 Å². The Labute approximate surface area is 220 Å². The second-order valence-electron chi connectivity index (χ2n) is 9.37. The van der Waals surface area contributed by atoms with Crippen LogP contribution in [0.5, 0.6) is 0 Å². The van der Waals surface area contributed by atoms with Gasteiger partial charge in [-0.25, -0.2) is 18.5 Å². The van der Waals surface area contributed by atoms with Gasteiger partial charge in [-0.2, -0.15) is 0 Å². The third-order valence-corrected chi connectivity index (χ3v) is 9.13. The highest BCUT2D eigenvalue weighted by Crippen LogP contribution is 2.37. The highest BCUT2D eigenvalue weighted by Gasteiger charge is 2.49. The minimum absolute atomic E-state index is 0.252. The van der Waals surface area contributed by atoms with Gasteiger partial charge in [0, 0.05) is 23.8 Å². The monoisotopic (exact) mass is 539 g/mol. The molecule has 0 aliphatic carbocycles. The van der Waals surface area contributed by atoms with Gasteiger partial charge in [-0.05, 0) is 29.3 Å². The zero-order valence-electron chi connectivity index (χ0n) is 20.3. The van der Waals surface area contributed by atoms with Gasteiger partial charge in [0.2, 0.25) is 0 Å². The average Bonchev–Trinajstić information content (AvgIpc) is 3.60. The molecule has 0 radical (unpaired) electrons. The van der Waals surface area contributed by atoms with Crippen LogP contribution in [0.1, 0.15) is 5.69 Å². The summed E-state index contributed by atoms with van der Waals surface area (Å²) in [6.07, 6.45) is 0.502. The van der Waals surface area contributed by atoms with Crippen molar-refractivity contribution in [1.29, 1.82) is 0 Å². The van der Waals surface area contributed by atoms with Gasteiger partial charge >= 0.3 is 0 Å². The lowest BCUT2D eigenvalue weighted by Gasteiger charge is -2.17. The van der Waals surface area contributed by atoms with Crippen LogP contribution in [0.3, 0.4) is 0 Å². The van der Waals surface area contributed by atoms with E-state index >= 15 is 0 Å². The molecule has 8 nitrogen and oxygen atoms in total. The number of benzene rings is 2. The first-order valence-corrected chi connectivity index (χ1v) is 14.3. The molecule has 3 aliphatic rings. The molecule has 2 fully saturated rings. The molecule has 3 aliphatic heterocycles. The first kappa shape index (κ1) is 24.5. The van der Waals surface area contributed by atoms with E-state index in [4.69, 9.17) is 30.8 Å². The summed E-state index contributed by atoms with van der Waals surface area (Å²) in [6, 6.07) is 17.4. The van der Waals surface area contributed by atoms with Crippen LogP contribution in [0.4, 0.5) is 5.69 Å². The van der Waals surface area contributed by atoms with E-state index in [2.05, 4.69) is 9.36 Å². The van der Waals surface area contributed by atoms with E-state index in [-0.39, 0.29) is 24.9 Å². The number of aromatic nitrogens is 1. The highest BCUT2D eigenvalue weighted by molar-refractivity contribution is 7.93. The Morgan fingerprint density at radius 3 is 2.38 bits per heavy atom. The van der Waals surface area contributed by atoms with Crippen molar-refractivity contribution in [3.63, 3.8) is 0 Å². The van der Waals surface area contributed by atoms with Crippen LogP contribution >= 0.6 is 11.6 Å². The second-order valence-corrected chi connectivity index (χ2v) is 12.2. The Kier molecular flexibility index (Phi) is 6.29. The number of ether oxygens (including phenoxy) is 3. The zero-order chi connectivity index (χ0) is 25.7. The fraction of sp³-hybridized carbons (Fsp3) is 0.333. The topological polar surface area (TPSA) is 103 Å². The predicted octanol–water partition coefficient (Wildman–Crippen LogP) is 4.29. The Bertz CT molecular complexity index is 1500. The number of aliphatic imine (C=N–C) groups is 1. The lowest BCUT2D eigenvalue weighted by molar-refractivity contribution is 0.00558. The van der Waals surface area contributed by atoms with E-state index < -0.39 is 15.8 Å². The number of fused-ring (bicyclic) bond motifs is 2. The highest BCUT2D eigenvalue weighted by atomic mass is 35.5. The van der Waals surface area contributed by atoms with Gasteiger partial charge in [-0.3, -0.25) is 0 Å². The summed E-state index contributed by atoms with van der Waals surface area (Å²) in [7, 11) is -0.783. The van der Waals surface area contributed by atoms with Crippen molar-refractivity contribution in [3.05, 3.63) is 65.3 Å². The molecule has 1 unspecified atom stereocenters. The SMILES string of the molecule is CN=S(C)(=O)c1ccc(-c2ccc(-c3nc4c(cc3Cl)N=C(O[C@@H]3CO[C@H]5[C@@H]3OC[C@H]5O)C4)cc2)cc1. The number of aliphatic hydroxyl groups excluding tert-OH is 1. The van der Waals surface area contributed by atoms with Gasteiger partial charge in [0.05, 0.1) is 51.5 Å². The van der Waals surface area contributed by atoms with Crippen molar-refractivity contribution >= 4 is 32.9 Å². The molecule has 4 heterocycles. The fourth-order valence-corrected chi connectivity index (χ4v) is 5.98. The van der Waals surface area contributed by atoms with Gasteiger partial charge in [0.25, 0.3) is 0 Å². The normalized spacial score (nSPS) is 25.8.